The van der Waals surface area contributed by atoms with Gasteiger partial charge in [0.05, 0.1) is 16.3 Å². The number of sulfonamides is 2. The van der Waals surface area contributed by atoms with Crippen molar-refractivity contribution in [3.05, 3.63) is 24.3 Å². The summed E-state index contributed by atoms with van der Waals surface area (Å²) in [6.45, 7) is 6.97. The van der Waals surface area contributed by atoms with Crippen molar-refractivity contribution in [2.24, 2.45) is 11.3 Å². The van der Waals surface area contributed by atoms with Crippen molar-refractivity contribution in [2.45, 2.75) is 63.8 Å². The summed E-state index contributed by atoms with van der Waals surface area (Å²) in [7, 11) is -6.93. The quantitative estimate of drug-likeness (QED) is 0.820. The molecule has 3 rings (SSSR count). The summed E-state index contributed by atoms with van der Waals surface area (Å²) in [6, 6.07) is 6.10. The van der Waals surface area contributed by atoms with Crippen molar-refractivity contribution in [1.82, 2.24) is 4.72 Å². The molecule has 0 bridgehead atoms. The number of anilines is 1. The van der Waals surface area contributed by atoms with E-state index in [0.29, 0.717) is 24.6 Å². The maximum Gasteiger partial charge on any atom is 0.240 e. The van der Waals surface area contributed by atoms with Gasteiger partial charge in [-0.05, 0) is 67.7 Å². The van der Waals surface area contributed by atoms with E-state index in [1.54, 1.807) is 12.1 Å². The maximum absolute atomic E-state index is 12.8. The van der Waals surface area contributed by atoms with Crippen LogP contribution < -0.4 is 9.03 Å². The average molecular weight is 415 g/mol. The molecule has 27 heavy (non-hydrogen) atoms. The van der Waals surface area contributed by atoms with Crippen LogP contribution in [0.3, 0.4) is 0 Å². The molecule has 0 spiro atoms. The number of hydrogen-bond acceptors (Lipinski definition) is 4. The van der Waals surface area contributed by atoms with Crippen LogP contribution in [-0.4, -0.2) is 35.2 Å². The summed E-state index contributed by atoms with van der Waals surface area (Å²) in [5.41, 5.74) is 0.651. The van der Waals surface area contributed by atoms with E-state index in [-0.39, 0.29) is 22.1 Å². The second-order valence-corrected chi connectivity index (χ2v) is 12.5. The van der Waals surface area contributed by atoms with Gasteiger partial charge < -0.3 is 0 Å². The summed E-state index contributed by atoms with van der Waals surface area (Å²) in [4.78, 5) is 0.177. The van der Waals surface area contributed by atoms with Crippen molar-refractivity contribution in [3.8, 4) is 0 Å². The van der Waals surface area contributed by atoms with Gasteiger partial charge in [0, 0.05) is 12.6 Å². The molecule has 1 saturated carbocycles. The molecule has 0 aromatic heterocycles. The van der Waals surface area contributed by atoms with E-state index in [1.807, 2.05) is 0 Å². The first-order valence-corrected chi connectivity index (χ1v) is 12.7. The molecule has 0 amide bonds. The summed E-state index contributed by atoms with van der Waals surface area (Å²) in [5, 5.41) is 0. The minimum Gasteiger partial charge on any atom is -0.270 e. The highest BCUT2D eigenvalue weighted by Crippen LogP contribution is 2.39. The first-order chi connectivity index (χ1) is 12.5. The monoisotopic (exact) mass is 414 g/mol. The lowest BCUT2D eigenvalue weighted by molar-refractivity contribution is 0.163. The van der Waals surface area contributed by atoms with Gasteiger partial charge in [0.1, 0.15) is 0 Å². The molecule has 2 atom stereocenters. The molecule has 0 radical (unpaired) electrons. The summed E-state index contributed by atoms with van der Waals surface area (Å²) < 4.78 is 54.2. The van der Waals surface area contributed by atoms with Crippen LogP contribution >= 0.6 is 0 Å². The van der Waals surface area contributed by atoms with E-state index in [2.05, 4.69) is 25.5 Å². The Bertz CT molecular complexity index is 877. The second-order valence-electron chi connectivity index (χ2n) is 8.82. The lowest BCUT2D eigenvalue weighted by Crippen LogP contribution is -2.42. The van der Waals surface area contributed by atoms with E-state index in [9.17, 15) is 16.8 Å². The van der Waals surface area contributed by atoms with Crippen LogP contribution in [0.4, 0.5) is 5.69 Å². The van der Waals surface area contributed by atoms with Crippen LogP contribution in [0.5, 0.6) is 0 Å². The molecule has 1 aliphatic heterocycles. The third-order valence-electron chi connectivity index (χ3n) is 5.49. The van der Waals surface area contributed by atoms with Gasteiger partial charge in [-0.2, -0.15) is 0 Å². The smallest absolute Gasteiger partial charge is 0.240 e. The molecule has 2 aliphatic rings. The van der Waals surface area contributed by atoms with Crippen LogP contribution in [0.2, 0.25) is 0 Å². The predicted molar refractivity (Wildman–Crippen MR) is 108 cm³/mol. The fourth-order valence-electron chi connectivity index (χ4n) is 4.59. The fourth-order valence-corrected chi connectivity index (χ4v) is 7.48. The Morgan fingerprint density at radius 3 is 2.37 bits per heavy atom. The Balaban J connectivity index is 1.76. The van der Waals surface area contributed by atoms with Crippen LogP contribution in [0.1, 0.15) is 52.9 Å². The van der Waals surface area contributed by atoms with Crippen molar-refractivity contribution in [1.29, 1.82) is 0 Å². The molecule has 0 unspecified atom stereocenters. The van der Waals surface area contributed by atoms with Gasteiger partial charge in [-0.15, -0.1) is 0 Å². The minimum absolute atomic E-state index is 0.0732. The molecule has 1 heterocycles. The predicted octanol–water partition coefficient (Wildman–Crippen LogP) is 3.11. The Morgan fingerprint density at radius 1 is 1.11 bits per heavy atom. The highest BCUT2D eigenvalue weighted by atomic mass is 32.2. The standard InChI is InChI=1S/C19H30N2O4S2/c1-15-12-16(14-19(2,3)13-15)20-27(24,25)18-8-6-17(7-9-18)21-10-4-5-11-26(21,22)23/h6-9,15-16,20H,4-5,10-14H2,1-3H3/t15-,16+/m0/s1. The van der Waals surface area contributed by atoms with Crippen molar-refractivity contribution in [2.75, 3.05) is 16.6 Å². The number of nitrogens with one attached hydrogen (secondary N) is 1. The zero-order valence-electron chi connectivity index (χ0n) is 16.3. The van der Waals surface area contributed by atoms with Gasteiger partial charge in [0.2, 0.25) is 20.0 Å². The Morgan fingerprint density at radius 2 is 1.78 bits per heavy atom. The van der Waals surface area contributed by atoms with Crippen LogP contribution in [0.25, 0.3) is 0 Å². The van der Waals surface area contributed by atoms with E-state index >= 15 is 0 Å². The lowest BCUT2D eigenvalue weighted by atomic mass is 9.71. The van der Waals surface area contributed by atoms with Crippen LogP contribution in [0, 0.1) is 11.3 Å². The first-order valence-electron chi connectivity index (χ1n) is 9.61. The van der Waals surface area contributed by atoms with E-state index in [1.165, 1.54) is 16.4 Å². The number of rotatable bonds is 4. The van der Waals surface area contributed by atoms with Crippen LogP contribution in [0.15, 0.2) is 29.2 Å². The zero-order chi connectivity index (χ0) is 19.9. The van der Waals surface area contributed by atoms with Gasteiger partial charge >= 0.3 is 0 Å². The molecular weight excluding hydrogens is 384 g/mol. The minimum atomic E-state index is -3.63. The highest BCUT2D eigenvalue weighted by molar-refractivity contribution is 7.92. The van der Waals surface area contributed by atoms with Gasteiger partial charge in [-0.3, -0.25) is 4.31 Å². The molecule has 6 nitrogen and oxygen atoms in total. The normalized spacial score (nSPS) is 28.0. The van der Waals surface area contributed by atoms with Crippen molar-refractivity contribution in [3.63, 3.8) is 0 Å². The van der Waals surface area contributed by atoms with Gasteiger partial charge in [0.25, 0.3) is 0 Å². The summed E-state index contributed by atoms with van der Waals surface area (Å²) >= 11 is 0. The number of benzene rings is 1. The summed E-state index contributed by atoms with van der Waals surface area (Å²) in [6.07, 6.45) is 4.25. The van der Waals surface area contributed by atoms with E-state index < -0.39 is 20.0 Å². The van der Waals surface area contributed by atoms with Crippen molar-refractivity contribution >= 4 is 25.7 Å². The molecule has 1 N–H and O–H groups in total. The van der Waals surface area contributed by atoms with Gasteiger partial charge in [-0.1, -0.05) is 20.8 Å². The molecule has 152 valence electrons. The van der Waals surface area contributed by atoms with E-state index in [4.69, 9.17) is 0 Å². The number of nitrogens with zero attached hydrogens (tertiary/aromatic N) is 1. The third kappa shape index (κ3) is 4.84. The summed E-state index contributed by atoms with van der Waals surface area (Å²) in [5.74, 6) is 0.623. The Hall–Kier alpha value is -1.12. The zero-order valence-corrected chi connectivity index (χ0v) is 17.9. The molecule has 1 aromatic rings. The third-order valence-corrected chi connectivity index (χ3v) is 8.90. The highest BCUT2D eigenvalue weighted by Gasteiger charge is 2.34. The molecular formula is C19H30N2O4S2. The van der Waals surface area contributed by atoms with Crippen molar-refractivity contribution < 1.29 is 16.8 Å². The largest absolute Gasteiger partial charge is 0.270 e. The second kappa shape index (κ2) is 7.37. The van der Waals surface area contributed by atoms with Crippen LogP contribution in [-0.2, 0) is 20.0 Å². The van der Waals surface area contributed by atoms with Gasteiger partial charge in [-0.25, -0.2) is 21.6 Å². The maximum atomic E-state index is 12.8. The molecule has 1 aliphatic carbocycles. The van der Waals surface area contributed by atoms with Gasteiger partial charge in [0.15, 0.2) is 0 Å². The molecule has 2 fully saturated rings. The lowest BCUT2D eigenvalue weighted by Gasteiger charge is -2.39. The molecule has 8 heteroatoms. The van der Waals surface area contributed by atoms with E-state index in [0.717, 1.165) is 25.7 Å². The Kier molecular flexibility index (Phi) is 5.62. The molecule has 1 saturated heterocycles. The topological polar surface area (TPSA) is 83.6 Å². The molecule has 1 aromatic carbocycles. The average Bonchev–Trinajstić information content (AvgIpc) is 2.52. The SMILES string of the molecule is C[C@H]1C[C@@H](NS(=O)(=O)c2ccc(N3CCCCS3(=O)=O)cc2)CC(C)(C)C1. The number of hydrogen-bond donors (Lipinski definition) is 1. The fraction of sp³-hybridized carbons (Fsp3) is 0.684. The first kappa shape index (κ1) is 20.6. The Labute approximate surface area is 163 Å².